The fourth-order valence-corrected chi connectivity index (χ4v) is 3.76. The first-order chi connectivity index (χ1) is 9.59. The summed E-state index contributed by atoms with van der Waals surface area (Å²) in [6, 6.07) is 8.40. The number of hydrogen-bond acceptors (Lipinski definition) is 4. The number of hydrogen-bond donors (Lipinski definition) is 1. The third-order valence-electron chi connectivity index (χ3n) is 2.31. The second kappa shape index (κ2) is 7.59. The maximum atomic E-state index is 11.9. The number of carbonyl (C=O) groups excluding carboxylic acids is 1. The second-order valence-corrected chi connectivity index (χ2v) is 10.9. The fourth-order valence-electron chi connectivity index (χ4n) is 1.34. The third-order valence-corrected chi connectivity index (χ3v) is 4.50. The van der Waals surface area contributed by atoms with E-state index >= 15 is 0 Å². The number of esters is 1. The number of rotatable bonds is 6. The highest BCUT2D eigenvalue weighted by Gasteiger charge is 2.25. The van der Waals surface area contributed by atoms with Gasteiger partial charge in [0.1, 0.15) is 11.8 Å². The van der Waals surface area contributed by atoms with Crippen LogP contribution in [0, 0.1) is 5.41 Å². The molecule has 0 bridgehead atoms. The van der Waals surface area contributed by atoms with Crippen LogP contribution in [0.15, 0.2) is 30.3 Å². The summed E-state index contributed by atoms with van der Waals surface area (Å²) in [7, 11) is 0. The lowest BCUT2D eigenvalue weighted by atomic mass is 9.99. The van der Waals surface area contributed by atoms with E-state index in [0.29, 0.717) is 12.4 Å². The van der Waals surface area contributed by atoms with E-state index in [1.165, 1.54) is 0 Å². The summed E-state index contributed by atoms with van der Waals surface area (Å²) in [5.74, 6) is -2.66. The van der Waals surface area contributed by atoms with E-state index in [4.69, 9.17) is 32.3 Å². The molecule has 1 aromatic carbocycles. The normalized spacial score (nSPS) is 15.9. The molecule has 0 heterocycles. The van der Waals surface area contributed by atoms with Gasteiger partial charge < -0.3 is 9.26 Å². The molecule has 0 aliphatic carbocycles. The van der Waals surface area contributed by atoms with Gasteiger partial charge >= 0.3 is 5.97 Å². The van der Waals surface area contributed by atoms with Crippen LogP contribution in [0.25, 0.3) is 0 Å². The van der Waals surface area contributed by atoms with E-state index in [0.717, 1.165) is 0 Å². The van der Waals surface area contributed by atoms with Crippen LogP contribution in [0.5, 0.6) is 5.75 Å². The predicted octanol–water partition coefficient (Wildman–Crippen LogP) is 4.10. The Kier molecular flexibility index (Phi) is 6.67. The molecule has 118 valence electrons. The summed E-state index contributed by atoms with van der Waals surface area (Å²) >= 11 is 11.4. The fraction of sp³-hybridized carbons (Fsp3) is 0.500. The van der Waals surface area contributed by atoms with Crippen LogP contribution in [-0.4, -0.2) is 18.6 Å². The van der Waals surface area contributed by atoms with E-state index < -0.39 is 17.8 Å². The predicted molar refractivity (Wildman–Crippen MR) is 90.2 cm³/mol. The van der Waals surface area contributed by atoms with Crippen molar-refractivity contribution in [2.45, 2.75) is 33.7 Å². The van der Waals surface area contributed by atoms with Gasteiger partial charge in [0.15, 0.2) is 0 Å². The molecular weight excluding hydrogens is 329 g/mol. The first-order valence-electron chi connectivity index (χ1n) is 6.58. The van der Waals surface area contributed by atoms with Gasteiger partial charge in [-0.1, -0.05) is 39.0 Å². The lowest BCUT2D eigenvalue weighted by molar-refractivity contribution is -0.147. The minimum atomic E-state index is -2.83. The molecule has 1 N–H and O–H groups in total. The zero-order valence-corrected chi connectivity index (χ0v) is 15.1. The third kappa shape index (κ3) is 7.82. The zero-order chi connectivity index (χ0) is 16.1. The first-order valence-corrected chi connectivity index (χ1v) is 10.2. The van der Waals surface area contributed by atoms with Crippen molar-refractivity contribution in [1.82, 2.24) is 5.09 Å². The van der Waals surface area contributed by atoms with Gasteiger partial charge in [-0.15, -0.1) is 0 Å². The summed E-state index contributed by atoms with van der Waals surface area (Å²) in [6.45, 7) is 7.96. The van der Waals surface area contributed by atoms with Crippen molar-refractivity contribution in [3.8, 4) is 5.75 Å². The Labute approximate surface area is 136 Å². The highest BCUT2D eigenvalue weighted by Crippen LogP contribution is 2.48. The Morgan fingerprint density at radius 2 is 1.95 bits per heavy atom. The van der Waals surface area contributed by atoms with Gasteiger partial charge in [0.25, 0.3) is 5.77 Å². The number of para-hydroxylation sites is 1. The van der Waals surface area contributed by atoms with E-state index in [-0.39, 0.29) is 5.41 Å². The second-order valence-electron chi connectivity index (χ2n) is 5.90. The van der Waals surface area contributed by atoms with Gasteiger partial charge in [-0.3, -0.25) is 4.79 Å². The van der Waals surface area contributed by atoms with Crippen molar-refractivity contribution >= 4 is 34.8 Å². The number of carbonyl (C=O) groups is 1. The van der Waals surface area contributed by atoms with Crippen LogP contribution in [-0.2, 0) is 21.3 Å². The van der Waals surface area contributed by atoms with Gasteiger partial charge in [0, 0.05) is 0 Å². The largest absolute Gasteiger partial charge is 0.464 e. The van der Waals surface area contributed by atoms with Gasteiger partial charge in [0.05, 0.1) is 6.61 Å². The Hall–Kier alpha value is -0.610. The minimum Gasteiger partial charge on any atom is -0.464 e. The minimum absolute atomic E-state index is 0.0862. The van der Waals surface area contributed by atoms with Crippen molar-refractivity contribution < 1.29 is 14.1 Å². The molecule has 0 aromatic heterocycles. The SMILES string of the molecule is C[C@H](NP(=S)(Cl)Oc1ccccc1)C(=O)OCC(C)(C)C. The van der Waals surface area contributed by atoms with Crippen LogP contribution in [0.3, 0.4) is 0 Å². The molecule has 4 nitrogen and oxygen atoms in total. The molecule has 0 aliphatic heterocycles. The molecule has 2 atom stereocenters. The molecule has 7 heteroatoms. The van der Waals surface area contributed by atoms with Crippen molar-refractivity contribution in [1.29, 1.82) is 0 Å². The van der Waals surface area contributed by atoms with Crippen molar-refractivity contribution in [3.63, 3.8) is 0 Å². The molecule has 1 rings (SSSR count). The topological polar surface area (TPSA) is 47.6 Å². The van der Waals surface area contributed by atoms with E-state index in [1.807, 2.05) is 39.0 Å². The average molecular weight is 350 g/mol. The Morgan fingerprint density at radius 1 is 1.38 bits per heavy atom. The van der Waals surface area contributed by atoms with Gasteiger partial charge in [-0.05, 0) is 47.5 Å². The molecule has 1 unspecified atom stereocenters. The molecule has 1 aromatic rings. The molecule has 0 radical (unpaired) electrons. The van der Waals surface area contributed by atoms with E-state index in [9.17, 15) is 4.79 Å². The number of halogens is 1. The van der Waals surface area contributed by atoms with Gasteiger partial charge in [-0.2, -0.15) is 0 Å². The highest BCUT2D eigenvalue weighted by atomic mass is 35.7. The lowest BCUT2D eigenvalue weighted by Gasteiger charge is -2.23. The molecular formula is C14H21ClNO3PS. The average Bonchev–Trinajstić information content (AvgIpc) is 2.35. The Morgan fingerprint density at radius 3 is 2.48 bits per heavy atom. The smallest absolute Gasteiger partial charge is 0.323 e. The van der Waals surface area contributed by atoms with E-state index in [2.05, 4.69) is 5.09 Å². The molecule has 0 aliphatic rings. The molecule has 0 spiro atoms. The number of ether oxygens (including phenoxy) is 1. The van der Waals surface area contributed by atoms with Crippen molar-refractivity contribution in [2.75, 3.05) is 6.61 Å². The number of nitrogens with one attached hydrogen (secondary N) is 1. The van der Waals surface area contributed by atoms with Crippen LogP contribution in [0.4, 0.5) is 0 Å². The first kappa shape index (κ1) is 18.4. The molecule has 0 amide bonds. The van der Waals surface area contributed by atoms with Crippen LogP contribution >= 0.6 is 17.0 Å². The lowest BCUT2D eigenvalue weighted by Crippen LogP contribution is -2.34. The van der Waals surface area contributed by atoms with Crippen LogP contribution in [0.1, 0.15) is 27.7 Å². The van der Waals surface area contributed by atoms with Crippen molar-refractivity contribution in [3.05, 3.63) is 30.3 Å². The summed E-state index contributed by atoms with van der Waals surface area (Å²) < 4.78 is 10.8. The van der Waals surface area contributed by atoms with Gasteiger partial charge in [-0.25, -0.2) is 5.09 Å². The summed E-state index contributed by atoms with van der Waals surface area (Å²) in [6.07, 6.45) is 0. The molecule has 0 fully saturated rings. The molecule has 0 saturated carbocycles. The maximum absolute atomic E-state index is 11.9. The van der Waals surface area contributed by atoms with Crippen molar-refractivity contribution in [2.24, 2.45) is 5.41 Å². The highest BCUT2D eigenvalue weighted by molar-refractivity contribution is 8.23. The van der Waals surface area contributed by atoms with E-state index in [1.54, 1.807) is 19.1 Å². The monoisotopic (exact) mass is 349 g/mol. The number of benzene rings is 1. The quantitative estimate of drug-likeness (QED) is 0.619. The Bertz CT molecular complexity index is 519. The standard InChI is InChI=1S/C14H21ClNO3PS/c1-11(13(17)18-10-14(2,3)4)16-20(15,21)19-12-8-6-5-7-9-12/h5-9,11H,10H2,1-4H3,(H,16,21)/t11-,20?/m0/s1. The molecule has 21 heavy (non-hydrogen) atoms. The Balaban J connectivity index is 2.54. The maximum Gasteiger partial charge on any atom is 0.323 e. The van der Waals surface area contributed by atoms with Gasteiger partial charge in [0.2, 0.25) is 0 Å². The summed E-state index contributed by atoms with van der Waals surface area (Å²) in [4.78, 5) is 11.9. The zero-order valence-electron chi connectivity index (χ0n) is 12.6. The van der Waals surface area contributed by atoms with Crippen LogP contribution in [0.2, 0.25) is 0 Å². The summed E-state index contributed by atoms with van der Waals surface area (Å²) in [5, 5.41) is 2.84. The summed E-state index contributed by atoms with van der Waals surface area (Å²) in [5.41, 5.74) is -0.0862. The van der Waals surface area contributed by atoms with Crippen LogP contribution < -0.4 is 9.61 Å². The molecule has 0 saturated heterocycles.